The molecule has 1 fully saturated rings. The molecule has 1 aliphatic rings. The number of rotatable bonds is 4. The number of aromatic nitrogens is 2. The lowest BCUT2D eigenvalue weighted by Gasteiger charge is -2.24. The second-order valence-corrected chi connectivity index (χ2v) is 5.19. The Morgan fingerprint density at radius 3 is 2.76 bits per heavy atom. The molecular weight excluding hydrogens is 268 g/mol. The van der Waals surface area contributed by atoms with Crippen LogP contribution < -0.4 is 5.73 Å². The van der Waals surface area contributed by atoms with Crippen LogP contribution in [0.5, 0.6) is 0 Å². The highest BCUT2D eigenvalue weighted by atomic mass is 16.5. The van der Waals surface area contributed by atoms with Crippen molar-refractivity contribution >= 4 is 5.91 Å². The predicted molar refractivity (Wildman–Crippen MR) is 76.9 cm³/mol. The van der Waals surface area contributed by atoms with Crippen molar-refractivity contribution in [1.82, 2.24) is 15.0 Å². The van der Waals surface area contributed by atoms with Crippen molar-refractivity contribution in [2.24, 2.45) is 5.73 Å². The summed E-state index contributed by atoms with van der Waals surface area (Å²) in [4.78, 5) is 17.9. The zero-order valence-corrected chi connectivity index (χ0v) is 11.8. The topological polar surface area (TPSA) is 85.2 Å². The fourth-order valence-electron chi connectivity index (χ4n) is 2.42. The maximum atomic E-state index is 11.8. The maximum Gasteiger partial charge on any atom is 0.246 e. The van der Waals surface area contributed by atoms with E-state index in [2.05, 4.69) is 10.1 Å². The van der Waals surface area contributed by atoms with Crippen LogP contribution >= 0.6 is 0 Å². The van der Waals surface area contributed by atoms with Gasteiger partial charge >= 0.3 is 0 Å². The summed E-state index contributed by atoms with van der Waals surface area (Å²) in [6.07, 6.45) is 2.62. The third-order valence-electron chi connectivity index (χ3n) is 3.66. The molecule has 0 unspecified atom stereocenters. The molecule has 3 rings (SSSR count). The molecule has 2 N–H and O–H groups in total. The summed E-state index contributed by atoms with van der Waals surface area (Å²) < 4.78 is 5.25. The number of benzene rings is 1. The number of nitrogens with two attached hydrogens (primary N) is 1. The van der Waals surface area contributed by atoms with Crippen LogP contribution in [0.15, 0.2) is 28.8 Å². The van der Waals surface area contributed by atoms with Crippen molar-refractivity contribution < 1.29 is 9.32 Å². The molecule has 1 amide bonds. The Balaban J connectivity index is 1.71. The monoisotopic (exact) mass is 286 g/mol. The van der Waals surface area contributed by atoms with Gasteiger partial charge in [-0.2, -0.15) is 4.98 Å². The van der Waals surface area contributed by atoms with Gasteiger partial charge in [-0.1, -0.05) is 29.4 Å². The van der Waals surface area contributed by atoms with E-state index in [-0.39, 0.29) is 5.91 Å². The minimum absolute atomic E-state index is 0.160. The van der Waals surface area contributed by atoms with E-state index in [1.165, 1.54) is 0 Å². The van der Waals surface area contributed by atoms with E-state index in [0.717, 1.165) is 30.5 Å². The molecule has 2 aromatic rings. The van der Waals surface area contributed by atoms with Crippen LogP contribution in [-0.4, -0.2) is 27.5 Å². The van der Waals surface area contributed by atoms with Crippen molar-refractivity contribution in [2.45, 2.75) is 32.4 Å². The number of likely N-dealkylation sites (tertiary alicyclic amines) is 1. The third-order valence-corrected chi connectivity index (χ3v) is 3.66. The van der Waals surface area contributed by atoms with Gasteiger partial charge in [-0.25, -0.2) is 0 Å². The average molecular weight is 286 g/mol. The highest BCUT2D eigenvalue weighted by molar-refractivity contribution is 5.76. The van der Waals surface area contributed by atoms with Gasteiger partial charge in [0.1, 0.15) is 0 Å². The summed E-state index contributed by atoms with van der Waals surface area (Å²) in [6.45, 7) is 1.67. The van der Waals surface area contributed by atoms with Crippen molar-refractivity contribution in [2.75, 3.05) is 6.54 Å². The summed E-state index contributed by atoms with van der Waals surface area (Å²) in [7, 11) is 0. The van der Waals surface area contributed by atoms with Gasteiger partial charge in [0.2, 0.25) is 17.6 Å². The molecule has 0 radical (unpaired) electrons. The van der Waals surface area contributed by atoms with Gasteiger partial charge in [0.05, 0.1) is 6.54 Å². The van der Waals surface area contributed by atoms with Crippen LogP contribution in [-0.2, 0) is 17.9 Å². The first kappa shape index (κ1) is 13.8. The minimum atomic E-state index is 0.160. The van der Waals surface area contributed by atoms with Gasteiger partial charge in [-0.05, 0) is 18.4 Å². The lowest BCUT2D eigenvalue weighted by Crippen LogP contribution is -2.34. The molecule has 1 aliphatic heterocycles. The SMILES string of the molecule is NCc1ccc(-c2noc(CN3CCCCC3=O)n2)cc1. The summed E-state index contributed by atoms with van der Waals surface area (Å²) in [5, 5.41) is 3.98. The Morgan fingerprint density at radius 2 is 2.05 bits per heavy atom. The Hall–Kier alpha value is -2.21. The van der Waals surface area contributed by atoms with Gasteiger partial charge in [0, 0.05) is 25.1 Å². The number of carbonyl (C=O) groups is 1. The average Bonchev–Trinajstić information content (AvgIpc) is 2.98. The molecule has 6 nitrogen and oxygen atoms in total. The van der Waals surface area contributed by atoms with Crippen molar-refractivity contribution in [3.8, 4) is 11.4 Å². The number of carbonyl (C=O) groups excluding carboxylic acids is 1. The summed E-state index contributed by atoms with van der Waals surface area (Å²) in [6, 6.07) is 7.73. The first-order valence-corrected chi connectivity index (χ1v) is 7.16. The minimum Gasteiger partial charge on any atom is -0.337 e. The largest absolute Gasteiger partial charge is 0.337 e. The second-order valence-electron chi connectivity index (χ2n) is 5.19. The predicted octanol–water partition coefficient (Wildman–Crippen LogP) is 1.71. The lowest BCUT2D eigenvalue weighted by molar-refractivity contribution is -0.134. The molecule has 21 heavy (non-hydrogen) atoms. The standard InChI is InChI=1S/C15H18N4O2/c16-9-11-4-6-12(7-5-11)15-17-13(21-18-15)10-19-8-2-1-3-14(19)20/h4-7H,1-3,8-10,16H2. The molecule has 110 valence electrons. The molecule has 1 aromatic carbocycles. The molecule has 0 spiro atoms. The van der Waals surface area contributed by atoms with Crippen LogP contribution in [0.3, 0.4) is 0 Å². The molecule has 1 saturated heterocycles. The highest BCUT2D eigenvalue weighted by Crippen LogP contribution is 2.18. The molecule has 2 heterocycles. The Morgan fingerprint density at radius 1 is 1.24 bits per heavy atom. The van der Waals surface area contributed by atoms with Crippen LogP contribution in [0, 0.1) is 0 Å². The Bertz CT molecular complexity index is 621. The zero-order chi connectivity index (χ0) is 14.7. The normalized spacial score (nSPS) is 15.5. The molecule has 0 bridgehead atoms. The van der Waals surface area contributed by atoms with E-state index in [9.17, 15) is 4.79 Å². The molecule has 6 heteroatoms. The molecular formula is C15H18N4O2. The van der Waals surface area contributed by atoms with Crippen LogP contribution in [0.25, 0.3) is 11.4 Å². The number of piperidine rings is 1. The van der Waals surface area contributed by atoms with Crippen LogP contribution in [0.1, 0.15) is 30.7 Å². The van der Waals surface area contributed by atoms with Crippen molar-refractivity contribution in [1.29, 1.82) is 0 Å². The molecule has 1 aromatic heterocycles. The lowest BCUT2D eigenvalue weighted by atomic mass is 10.1. The van der Waals surface area contributed by atoms with Crippen LogP contribution in [0.4, 0.5) is 0 Å². The zero-order valence-electron chi connectivity index (χ0n) is 11.8. The fourth-order valence-corrected chi connectivity index (χ4v) is 2.42. The van der Waals surface area contributed by atoms with Crippen LogP contribution in [0.2, 0.25) is 0 Å². The van der Waals surface area contributed by atoms with E-state index in [1.54, 1.807) is 4.90 Å². The maximum absolute atomic E-state index is 11.8. The van der Waals surface area contributed by atoms with Gasteiger partial charge in [0.15, 0.2) is 0 Å². The van der Waals surface area contributed by atoms with Crippen molar-refractivity contribution in [3.05, 3.63) is 35.7 Å². The highest BCUT2D eigenvalue weighted by Gasteiger charge is 2.20. The van der Waals surface area contributed by atoms with E-state index >= 15 is 0 Å². The van der Waals surface area contributed by atoms with Gasteiger partial charge in [-0.15, -0.1) is 0 Å². The summed E-state index contributed by atoms with van der Waals surface area (Å²) in [5.74, 6) is 1.18. The number of nitrogens with zero attached hydrogens (tertiary/aromatic N) is 3. The molecule has 0 aliphatic carbocycles. The smallest absolute Gasteiger partial charge is 0.246 e. The molecule has 0 saturated carbocycles. The van der Waals surface area contributed by atoms with E-state index in [0.29, 0.717) is 31.2 Å². The van der Waals surface area contributed by atoms with Crippen molar-refractivity contribution in [3.63, 3.8) is 0 Å². The first-order valence-electron chi connectivity index (χ1n) is 7.16. The quantitative estimate of drug-likeness (QED) is 0.924. The van der Waals surface area contributed by atoms with E-state index < -0.39 is 0 Å². The van der Waals surface area contributed by atoms with E-state index in [1.807, 2.05) is 24.3 Å². The Labute approximate surface area is 122 Å². The van der Waals surface area contributed by atoms with Gasteiger partial charge in [-0.3, -0.25) is 4.79 Å². The number of hydrogen-bond acceptors (Lipinski definition) is 5. The fraction of sp³-hybridized carbons (Fsp3) is 0.400. The van der Waals surface area contributed by atoms with Gasteiger partial charge < -0.3 is 15.2 Å². The second kappa shape index (κ2) is 6.05. The number of amides is 1. The van der Waals surface area contributed by atoms with Gasteiger partial charge in [0.25, 0.3) is 0 Å². The third kappa shape index (κ3) is 3.11. The van der Waals surface area contributed by atoms with E-state index in [4.69, 9.17) is 10.3 Å². The Kier molecular flexibility index (Phi) is 3.96. The molecule has 0 atom stereocenters. The number of hydrogen-bond donors (Lipinski definition) is 1. The first-order chi connectivity index (χ1) is 10.3. The summed E-state index contributed by atoms with van der Waals surface area (Å²) >= 11 is 0. The summed E-state index contributed by atoms with van der Waals surface area (Å²) in [5.41, 5.74) is 7.51.